The number of carbonyl (C=O) groups excluding carboxylic acids is 2. The Balaban J connectivity index is 0.00000363. The Morgan fingerprint density at radius 1 is 1.06 bits per heavy atom. The van der Waals surface area contributed by atoms with Crippen molar-refractivity contribution in [1.82, 2.24) is 9.80 Å². The zero-order valence-electron chi connectivity index (χ0n) is 17.8. The smallest absolute Gasteiger partial charge is 0.748 e. The monoisotopic (exact) mass is 501 g/mol. The number of likely N-dealkylation sites (N-methyl/N-ethyl adjacent to an activating group) is 2. The van der Waals surface area contributed by atoms with Crippen LogP contribution in [0.3, 0.4) is 0 Å². The normalized spacial score (nSPS) is 18.0. The van der Waals surface area contributed by atoms with E-state index in [9.17, 15) is 22.6 Å². The molecule has 0 saturated carbocycles. The molecule has 32 heavy (non-hydrogen) atoms. The Morgan fingerprint density at radius 3 is 2.28 bits per heavy atom. The van der Waals surface area contributed by atoms with E-state index in [2.05, 4.69) is 0 Å². The predicted molar refractivity (Wildman–Crippen MR) is 122 cm³/mol. The fourth-order valence-corrected chi connectivity index (χ4v) is 4.84. The number of thioether (sulfide) groups is 1. The van der Waals surface area contributed by atoms with Crippen molar-refractivity contribution >= 4 is 56.7 Å². The Bertz CT molecular complexity index is 1110. The maximum Gasteiger partial charge on any atom is 1.00 e. The second-order valence-electron chi connectivity index (χ2n) is 6.82. The summed E-state index contributed by atoms with van der Waals surface area (Å²) in [5.41, 5.74) is 0.941. The van der Waals surface area contributed by atoms with Crippen LogP contribution in [0.15, 0.2) is 64.1 Å². The van der Waals surface area contributed by atoms with Gasteiger partial charge in [0, 0.05) is 31.3 Å². The molecule has 8 nitrogen and oxygen atoms in total. The summed E-state index contributed by atoms with van der Waals surface area (Å²) >= 11 is 6.57. The predicted octanol–water partition coefficient (Wildman–Crippen LogP) is -0.923. The fourth-order valence-electron chi connectivity index (χ4n) is 3.09. The first-order valence-corrected chi connectivity index (χ1v) is 12.1. The molecule has 1 aromatic carbocycles. The molecule has 0 unspecified atom stereocenters. The number of carbonyl (C=O) groups is 2. The van der Waals surface area contributed by atoms with E-state index in [0.717, 1.165) is 15.6 Å². The van der Waals surface area contributed by atoms with Gasteiger partial charge in [-0.1, -0.05) is 36.0 Å². The zero-order valence-corrected chi connectivity index (χ0v) is 22.3. The average molecular weight is 502 g/mol. The van der Waals surface area contributed by atoms with Crippen molar-refractivity contribution in [2.24, 2.45) is 0 Å². The topological polar surface area (TPSA) is 101 Å². The Kier molecular flexibility index (Phi) is 9.29. The largest absolute Gasteiger partial charge is 1.00 e. The molecule has 0 N–H and O–H groups in total. The number of anilines is 1. The third kappa shape index (κ3) is 6.10. The van der Waals surface area contributed by atoms with Crippen LogP contribution in [0.5, 0.6) is 0 Å². The molecule has 0 radical (unpaired) electrons. The molecule has 1 saturated heterocycles. The van der Waals surface area contributed by atoms with Gasteiger partial charge in [0.25, 0.3) is 11.8 Å². The minimum Gasteiger partial charge on any atom is -0.748 e. The van der Waals surface area contributed by atoms with Gasteiger partial charge in [0.05, 0.1) is 20.8 Å². The summed E-state index contributed by atoms with van der Waals surface area (Å²) in [5.74, 6) is -1.36. The van der Waals surface area contributed by atoms with E-state index in [1.54, 1.807) is 12.2 Å². The number of amides is 2. The van der Waals surface area contributed by atoms with Gasteiger partial charge in [-0.15, -0.1) is 0 Å². The molecule has 0 aliphatic carbocycles. The van der Waals surface area contributed by atoms with Gasteiger partial charge in [-0.3, -0.25) is 19.4 Å². The van der Waals surface area contributed by atoms with Crippen LogP contribution >= 0.6 is 24.0 Å². The quantitative estimate of drug-likeness (QED) is 0.162. The molecule has 2 heterocycles. The van der Waals surface area contributed by atoms with Crippen molar-refractivity contribution in [3.8, 4) is 0 Å². The van der Waals surface area contributed by atoms with Crippen molar-refractivity contribution < 1.29 is 52.1 Å². The van der Waals surface area contributed by atoms with Crippen LogP contribution in [0.25, 0.3) is 0 Å². The first kappa shape index (κ1) is 26.8. The van der Waals surface area contributed by atoms with Gasteiger partial charge in [0.15, 0.2) is 5.11 Å². The summed E-state index contributed by atoms with van der Waals surface area (Å²) in [6.45, 7) is 0.371. The summed E-state index contributed by atoms with van der Waals surface area (Å²) in [6.07, 6.45) is 6.75. The van der Waals surface area contributed by atoms with Gasteiger partial charge in [-0.25, -0.2) is 8.42 Å². The number of para-hydroxylation sites is 1. The van der Waals surface area contributed by atoms with Crippen LogP contribution in [-0.2, 0) is 19.7 Å². The number of rotatable bonds is 6. The maximum absolute atomic E-state index is 12.3. The van der Waals surface area contributed by atoms with E-state index in [-0.39, 0.29) is 46.7 Å². The van der Waals surface area contributed by atoms with E-state index >= 15 is 0 Å². The second kappa shape index (κ2) is 11.1. The molecular weight excluding hydrogens is 481 g/mol. The van der Waals surface area contributed by atoms with E-state index < -0.39 is 27.7 Å². The van der Waals surface area contributed by atoms with Crippen molar-refractivity contribution in [3.05, 3.63) is 59.2 Å². The van der Waals surface area contributed by atoms with Gasteiger partial charge >= 0.3 is 29.6 Å². The summed E-state index contributed by atoms with van der Waals surface area (Å²) in [6, 6.07) is 7.68. The number of benzene rings is 1. The molecule has 2 aliphatic heterocycles. The zero-order chi connectivity index (χ0) is 22.8. The third-order valence-electron chi connectivity index (χ3n) is 4.67. The Hall–Kier alpha value is -1.47. The molecule has 0 bridgehead atoms. The van der Waals surface area contributed by atoms with E-state index in [1.807, 2.05) is 35.2 Å². The van der Waals surface area contributed by atoms with Gasteiger partial charge < -0.3 is 9.45 Å². The molecule has 12 heteroatoms. The van der Waals surface area contributed by atoms with Gasteiger partial charge in [0.1, 0.15) is 5.57 Å². The SMILES string of the molecule is CN1C(=O)C(=C/C=C/C=C2/Sc3ccccc3N2CCCS(=O)(=O)[O-])C(=O)N(C)C1=S.[Na+]. The number of fused-ring (bicyclic) bond motifs is 1. The molecule has 1 aromatic rings. The standard InChI is InChI=1S/C20H21N3O5S3.Na/c1-21-18(24)14(19(25)22(2)20(21)29)8-3-6-11-17-23(12-7-13-31(26,27)28)15-9-4-5-10-16(15)30-17;/h3-6,8-11H,7,12-13H2,1-2H3,(H,26,27,28);/q;+1/p-1/b6-3+,17-11+;. The van der Waals surface area contributed by atoms with Crippen molar-refractivity contribution in [2.45, 2.75) is 11.3 Å². The number of thiocarbonyl (C=S) groups is 1. The minimum absolute atomic E-state index is 0. The maximum atomic E-state index is 12.3. The van der Waals surface area contributed by atoms with Gasteiger partial charge in [-0.05, 0) is 42.9 Å². The van der Waals surface area contributed by atoms with E-state index in [0.29, 0.717) is 6.54 Å². The number of hydrogen-bond donors (Lipinski definition) is 0. The Labute approximate surface area is 219 Å². The molecule has 3 rings (SSSR count). The van der Waals surface area contributed by atoms with Crippen molar-refractivity contribution in [2.75, 3.05) is 31.3 Å². The molecule has 0 atom stereocenters. The van der Waals surface area contributed by atoms with Crippen molar-refractivity contribution in [3.63, 3.8) is 0 Å². The summed E-state index contributed by atoms with van der Waals surface area (Å²) in [4.78, 5) is 30.1. The number of allylic oxidation sites excluding steroid dienone is 4. The number of nitrogens with zero attached hydrogens (tertiary/aromatic N) is 3. The summed E-state index contributed by atoms with van der Waals surface area (Å²) in [7, 11) is -1.25. The van der Waals surface area contributed by atoms with Crippen LogP contribution in [0.2, 0.25) is 0 Å². The van der Waals surface area contributed by atoms with Gasteiger partial charge in [-0.2, -0.15) is 0 Å². The average Bonchev–Trinajstić information content (AvgIpc) is 3.07. The first-order chi connectivity index (χ1) is 14.6. The Morgan fingerprint density at radius 2 is 1.66 bits per heavy atom. The molecular formula is C20H20N3NaO5S3. The summed E-state index contributed by atoms with van der Waals surface area (Å²) < 4.78 is 32.8. The van der Waals surface area contributed by atoms with Crippen LogP contribution in [0.4, 0.5) is 5.69 Å². The second-order valence-corrected chi connectivity index (χ2v) is 9.77. The summed E-state index contributed by atoms with van der Waals surface area (Å²) in [5, 5.41) is 0.991. The first-order valence-electron chi connectivity index (χ1n) is 9.27. The number of hydrogen-bond acceptors (Lipinski definition) is 8. The van der Waals surface area contributed by atoms with E-state index in [4.69, 9.17) is 12.2 Å². The molecule has 2 amide bonds. The molecule has 2 aliphatic rings. The van der Waals surface area contributed by atoms with E-state index in [1.165, 1.54) is 41.7 Å². The molecule has 0 spiro atoms. The van der Waals surface area contributed by atoms with Crippen LogP contribution < -0.4 is 34.5 Å². The third-order valence-corrected chi connectivity index (χ3v) is 7.14. The van der Waals surface area contributed by atoms with Crippen LogP contribution in [0, 0.1) is 0 Å². The molecule has 1 fully saturated rings. The minimum atomic E-state index is -4.27. The van der Waals surface area contributed by atoms with Crippen LogP contribution in [-0.4, -0.2) is 66.1 Å². The molecule has 0 aromatic heterocycles. The molecule has 164 valence electrons. The fraction of sp³-hybridized carbons (Fsp3) is 0.250. The van der Waals surface area contributed by atoms with Crippen molar-refractivity contribution in [1.29, 1.82) is 0 Å². The van der Waals surface area contributed by atoms with Crippen LogP contribution in [0.1, 0.15) is 6.42 Å². The van der Waals surface area contributed by atoms with Gasteiger partial charge in [0.2, 0.25) is 0 Å².